The van der Waals surface area contributed by atoms with E-state index in [1.54, 1.807) is 0 Å². The van der Waals surface area contributed by atoms with Crippen LogP contribution in [-0.4, -0.2) is 26.0 Å². The van der Waals surface area contributed by atoms with E-state index >= 15 is 0 Å². The van der Waals surface area contributed by atoms with Gasteiger partial charge in [-0.2, -0.15) is 5.10 Å². The molecule has 0 saturated carbocycles. The normalized spacial score (nSPS) is 12.6. The molecule has 4 nitrogen and oxygen atoms in total. The van der Waals surface area contributed by atoms with Gasteiger partial charge in [0.15, 0.2) is 0 Å². The second-order valence-electron chi connectivity index (χ2n) is 4.05. The van der Waals surface area contributed by atoms with Crippen LogP contribution in [0.3, 0.4) is 0 Å². The van der Waals surface area contributed by atoms with Crippen LogP contribution in [0.15, 0.2) is 30.9 Å². The summed E-state index contributed by atoms with van der Waals surface area (Å²) in [6.45, 7) is 0.308. The molecule has 96 valence electrons. The van der Waals surface area contributed by atoms with Crippen LogP contribution in [0.2, 0.25) is 0 Å². The molecule has 0 aliphatic carbocycles. The van der Waals surface area contributed by atoms with Gasteiger partial charge in [0.2, 0.25) is 0 Å². The van der Waals surface area contributed by atoms with E-state index in [0.717, 1.165) is 6.07 Å². The van der Waals surface area contributed by atoms with Crippen molar-refractivity contribution in [3.05, 3.63) is 48.1 Å². The van der Waals surface area contributed by atoms with Gasteiger partial charge in [-0.3, -0.25) is 4.68 Å². The lowest BCUT2D eigenvalue weighted by atomic mass is 10.1. The Balaban J connectivity index is 1.87. The van der Waals surface area contributed by atoms with Gasteiger partial charge in [-0.25, -0.2) is 13.8 Å². The predicted octanol–water partition coefficient (Wildman–Crippen LogP) is 1.55. The number of aryl methyl sites for hydroxylation is 1. The third-order valence-electron chi connectivity index (χ3n) is 2.63. The molecule has 0 amide bonds. The lowest BCUT2D eigenvalue weighted by molar-refractivity contribution is 0.139. The highest BCUT2D eigenvalue weighted by Crippen LogP contribution is 2.12. The Morgan fingerprint density at radius 1 is 1.33 bits per heavy atom. The van der Waals surface area contributed by atoms with Crippen LogP contribution in [0.25, 0.3) is 0 Å². The lowest BCUT2D eigenvalue weighted by Crippen LogP contribution is -2.17. The summed E-state index contributed by atoms with van der Waals surface area (Å²) in [6.07, 6.45) is 2.97. The van der Waals surface area contributed by atoms with E-state index in [-0.39, 0.29) is 0 Å². The van der Waals surface area contributed by atoms with E-state index in [1.165, 1.54) is 29.5 Å². The van der Waals surface area contributed by atoms with E-state index in [2.05, 4.69) is 10.1 Å². The smallest absolute Gasteiger partial charge is 0.137 e. The molecule has 1 atom stereocenters. The first-order chi connectivity index (χ1) is 8.65. The predicted molar refractivity (Wildman–Crippen MR) is 60.7 cm³/mol. The third-order valence-corrected chi connectivity index (χ3v) is 2.63. The second kappa shape index (κ2) is 5.68. The van der Waals surface area contributed by atoms with Gasteiger partial charge in [0.1, 0.15) is 24.3 Å². The fourth-order valence-corrected chi connectivity index (χ4v) is 1.68. The van der Waals surface area contributed by atoms with Crippen LogP contribution in [-0.2, 0) is 13.0 Å². The van der Waals surface area contributed by atoms with Crippen LogP contribution < -0.4 is 0 Å². The summed E-state index contributed by atoms with van der Waals surface area (Å²) in [5, 5.41) is 13.6. The fourth-order valence-electron chi connectivity index (χ4n) is 1.68. The molecule has 1 N–H and O–H groups in total. The maximum atomic E-state index is 13.3. The monoisotopic (exact) mass is 253 g/mol. The Hall–Kier alpha value is -1.82. The van der Waals surface area contributed by atoms with Crippen molar-refractivity contribution in [2.45, 2.75) is 25.5 Å². The Labute approximate surface area is 103 Å². The molecular weight excluding hydrogens is 240 g/mol. The van der Waals surface area contributed by atoms with Crippen LogP contribution in [0.1, 0.15) is 12.0 Å². The largest absolute Gasteiger partial charge is 0.391 e. The van der Waals surface area contributed by atoms with Crippen molar-refractivity contribution in [1.29, 1.82) is 0 Å². The molecule has 0 radical (unpaired) electrons. The van der Waals surface area contributed by atoms with Crippen molar-refractivity contribution in [2.75, 3.05) is 0 Å². The summed E-state index contributed by atoms with van der Waals surface area (Å²) in [4.78, 5) is 3.76. The summed E-state index contributed by atoms with van der Waals surface area (Å²) >= 11 is 0. The molecule has 2 rings (SSSR count). The molecule has 0 fully saturated rings. The highest BCUT2D eigenvalue weighted by atomic mass is 19.1. The van der Waals surface area contributed by atoms with Crippen molar-refractivity contribution in [1.82, 2.24) is 14.8 Å². The standard InChI is InChI=1S/C12H13F2N3O/c13-10-3-1-9(12(14)5-10)2-4-11(18)6-17-8-15-7-16-17/h1,3,5,7-8,11,18H,2,4,6H2. The SMILES string of the molecule is OC(CCc1ccc(F)cc1F)Cn1cncn1. The first-order valence-corrected chi connectivity index (χ1v) is 5.59. The number of benzene rings is 1. The molecule has 1 aromatic carbocycles. The van der Waals surface area contributed by atoms with E-state index in [4.69, 9.17) is 0 Å². The van der Waals surface area contributed by atoms with Gasteiger partial charge < -0.3 is 5.11 Å². The Morgan fingerprint density at radius 3 is 2.83 bits per heavy atom. The van der Waals surface area contributed by atoms with Gasteiger partial charge >= 0.3 is 0 Å². The molecule has 1 aromatic heterocycles. The zero-order chi connectivity index (χ0) is 13.0. The Bertz CT molecular complexity index is 502. The summed E-state index contributed by atoms with van der Waals surface area (Å²) in [7, 11) is 0. The molecule has 2 aromatic rings. The summed E-state index contributed by atoms with van der Waals surface area (Å²) < 4.78 is 27.5. The number of aromatic nitrogens is 3. The average Bonchev–Trinajstić information content (AvgIpc) is 2.80. The van der Waals surface area contributed by atoms with E-state index in [0.29, 0.717) is 24.9 Å². The van der Waals surface area contributed by atoms with Gasteiger partial charge in [-0.15, -0.1) is 0 Å². The lowest BCUT2D eigenvalue weighted by Gasteiger charge is -2.10. The van der Waals surface area contributed by atoms with Crippen LogP contribution in [0.4, 0.5) is 8.78 Å². The summed E-state index contributed by atoms with van der Waals surface area (Å²) in [5.41, 5.74) is 0.397. The number of nitrogens with zero attached hydrogens (tertiary/aromatic N) is 3. The topological polar surface area (TPSA) is 50.9 Å². The van der Waals surface area contributed by atoms with Crippen molar-refractivity contribution in [3.8, 4) is 0 Å². The summed E-state index contributed by atoms with van der Waals surface area (Å²) in [6, 6.07) is 3.45. The number of rotatable bonds is 5. The molecular formula is C12H13F2N3O. The first-order valence-electron chi connectivity index (χ1n) is 5.59. The molecule has 6 heteroatoms. The first kappa shape index (κ1) is 12.6. The number of hydrogen-bond acceptors (Lipinski definition) is 3. The maximum Gasteiger partial charge on any atom is 0.137 e. The molecule has 0 aliphatic heterocycles. The molecule has 1 heterocycles. The zero-order valence-corrected chi connectivity index (χ0v) is 9.63. The fraction of sp³-hybridized carbons (Fsp3) is 0.333. The highest BCUT2D eigenvalue weighted by Gasteiger charge is 2.09. The van der Waals surface area contributed by atoms with Crippen molar-refractivity contribution in [3.63, 3.8) is 0 Å². The molecule has 0 aliphatic rings. The molecule has 0 bridgehead atoms. The van der Waals surface area contributed by atoms with Gasteiger partial charge in [0, 0.05) is 6.07 Å². The number of halogens is 2. The van der Waals surface area contributed by atoms with E-state index < -0.39 is 17.7 Å². The number of hydrogen-bond donors (Lipinski definition) is 1. The van der Waals surface area contributed by atoms with E-state index in [1.807, 2.05) is 0 Å². The highest BCUT2D eigenvalue weighted by molar-refractivity contribution is 5.18. The van der Waals surface area contributed by atoms with Gasteiger partial charge in [-0.1, -0.05) is 6.07 Å². The summed E-state index contributed by atoms with van der Waals surface area (Å²) in [5.74, 6) is -1.18. The van der Waals surface area contributed by atoms with Crippen LogP contribution in [0, 0.1) is 11.6 Å². The minimum atomic E-state index is -0.642. The minimum absolute atomic E-state index is 0.308. The molecule has 0 spiro atoms. The molecule has 0 saturated heterocycles. The van der Waals surface area contributed by atoms with Crippen LogP contribution in [0.5, 0.6) is 0 Å². The number of aliphatic hydroxyl groups is 1. The molecule has 1 unspecified atom stereocenters. The minimum Gasteiger partial charge on any atom is -0.391 e. The maximum absolute atomic E-state index is 13.3. The van der Waals surface area contributed by atoms with E-state index in [9.17, 15) is 13.9 Å². The Kier molecular flexibility index (Phi) is 3.99. The zero-order valence-electron chi connectivity index (χ0n) is 9.63. The quantitative estimate of drug-likeness (QED) is 0.879. The van der Waals surface area contributed by atoms with Crippen molar-refractivity contribution in [2.24, 2.45) is 0 Å². The van der Waals surface area contributed by atoms with Crippen molar-refractivity contribution >= 4 is 0 Å². The van der Waals surface area contributed by atoms with Gasteiger partial charge in [0.05, 0.1) is 12.6 Å². The molecule has 18 heavy (non-hydrogen) atoms. The average molecular weight is 253 g/mol. The second-order valence-corrected chi connectivity index (χ2v) is 4.05. The van der Waals surface area contributed by atoms with Gasteiger partial charge in [-0.05, 0) is 24.5 Å². The van der Waals surface area contributed by atoms with Crippen molar-refractivity contribution < 1.29 is 13.9 Å². The number of aliphatic hydroxyl groups excluding tert-OH is 1. The third kappa shape index (κ3) is 3.33. The van der Waals surface area contributed by atoms with Crippen LogP contribution >= 0.6 is 0 Å². The van der Waals surface area contributed by atoms with Gasteiger partial charge in [0.25, 0.3) is 0 Å². The Morgan fingerprint density at radius 2 is 2.17 bits per heavy atom.